The van der Waals surface area contributed by atoms with Crippen LogP contribution in [0.1, 0.15) is 0 Å². The van der Waals surface area contributed by atoms with Crippen LogP contribution in [0, 0.1) is 0 Å². The fourth-order valence-corrected chi connectivity index (χ4v) is 2.22. The predicted molar refractivity (Wildman–Crippen MR) is 103 cm³/mol. The Bertz CT molecular complexity index is 224. The molecule has 1 heterocycles. The van der Waals surface area contributed by atoms with Crippen molar-refractivity contribution in [2.45, 2.75) is 12.1 Å². The first kappa shape index (κ1) is 31.6. The Balaban J connectivity index is -0.000000451. The molecule has 0 amide bonds. The summed E-state index contributed by atoms with van der Waals surface area (Å²) in [5, 5.41) is 38.2. The van der Waals surface area contributed by atoms with Gasteiger partial charge in [-0.05, 0) is 0 Å². The van der Waals surface area contributed by atoms with Crippen molar-refractivity contribution < 1.29 is 15.3 Å². The summed E-state index contributed by atoms with van der Waals surface area (Å²) < 4.78 is 0. The smallest absolute Gasteiger partial charge is 0.0947 e. The van der Waals surface area contributed by atoms with Crippen LogP contribution in [0.3, 0.4) is 0 Å². The molecule has 2 atom stereocenters. The highest BCUT2D eigenvalue weighted by molar-refractivity contribution is 5.86. The molecule has 7 nitrogen and oxygen atoms in total. The molecule has 0 aromatic heterocycles. The lowest BCUT2D eigenvalue weighted by molar-refractivity contribution is -0.0124. The van der Waals surface area contributed by atoms with Crippen molar-refractivity contribution in [3.8, 4) is 0 Å². The molecule has 1 rings (SSSR count). The van der Waals surface area contributed by atoms with Crippen molar-refractivity contribution >= 4 is 49.6 Å². The summed E-state index contributed by atoms with van der Waals surface area (Å²) >= 11 is 0. The third kappa shape index (κ3) is 13.8. The zero-order valence-corrected chi connectivity index (χ0v) is 16.4. The first-order chi connectivity index (χ1) is 9.29. The van der Waals surface area contributed by atoms with Crippen LogP contribution in [0.25, 0.3) is 0 Å². The van der Waals surface area contributed by atoms with Gasteiger partial charge in [-0.1, -0.05) is 0 Å². The number of hydrogen-bond donors (Lipinski definition) is 6. The highest BCUT2D eigenvalue weighted by Gasteiger charge is 2.24. The van der Waals surface area contributed by atoms with Crippen LogP contribution in [0.15, 0.2) is 0 Å². The van der Waals surface area contributed by atoms with Gasteiger partial charge in [0.25, 0.3) is 0 Å². The Hall–Kier alpha value is 0.880. The van der Waals surface area contributed by atoms with Crippen LogP contribution < -0.4 is 16.0 Å². The molecule has 0 bridgehead atoms. The van der Waals surface area contributed by atoms with Gasteiger partial charge in [0.05, 0.1) is 25.4 Å². The summed E-state index contributed by atoms with van der Waals surface area (Å²) in [5.74, 6) is 0. The Morgan fingerprint density at radius 1 is 0.696 bits per heavy atom. The molecule has 0 unspecified atom stereocenters. The largest absolute Gasteiger partial charge is 0.395 e. The summed E-state index contributed by atoms with van der Waals surface area (Å²) in [4.78, 5) is 2.02. The van der Waals surface area contributed by atoms with Crippen molar-refractivity contribution in [2.24, 2.45) is 0 Å². The number of halogens is 4. The molecular formula is C12H32Cl4N4O3. The molecule has 1 fully saturated rings. The topological polar surface area (TPSA) is 100 Å². The van der Waals surface area contributed by atoms with E-state index in [9.17, 15) is 10.2 Å². The van der Waals surface area contributed by atoms with Crippen LogP contribution in [0.4, 0.5) is 0 Å². The summed E-state index contributed by atoms with van der Waals surface area (Å²) in [6.45, 7) is 6.28. The van der Waals surface area contributed by atoms with Gasteiger partial charge in [0.1, 0.15) is 0 Å². The molecule has 0 aliphatic carbocycles. The van der Waals surface area contributed by atoms with Crippen LogP contribution in [0.2, 0.25) is 0 Å². The molecule has 0 saturated carbocycles. The molecule has 0 aromatic rings. The molecule has 146 valence electrons. The van der Waals surface area contributed by atoms with Crippen molar-refractivity contribution in [2.75, 3.05) is 65.6 Å². The minimum absolute atomic E-state index is 0. The zero-order chi connectivity index (χ0) is 13.9. The third-order valence-corrected chi connectivity index (χ3v) is 3.40. The maximum atomic E-state index is 9.76. The lowest BCUT2D eigenvalue weighted by Gasteiger charge is -2.33. The van der Waals surface area contributed by atoms with Crippen LogP contribution >= 0.6 is 49.6 Å². The predicted octanol–water partition coefficient (Wildman–Crippen LogP) is -1.53. The van der Waals surface area contributed by atoms with E-state index in [2.05, 4.69) is 16.0 Å². The third-order valence-electron chi connectivity index (χ3n) is 3.40. The SMILES string of the molecule is Cl.Cl.Cl.Cl.OC[C@@H](O)[C@@H](CO)N1CCNCCNCCNCC1. The maximum absolute atomic E-state index is 9.76. The van der Waals surface area contributed by atoms with Gasteiger partial charge in [0, 0.05) is 52.4 Å². The van der Waals surface area contributed by atoms with E-state index in [0.717, 1.165) is 52.4 Å². The molecule has 0 radical (unpaired) electrons. The minimum atomic E-state index is -0.903. The van der Waals surface area contributed by atoms with E-state index in [-0.39, 0.29) is 62.8 Å². The second kappa shape index (κ2) is 20.9. The van der Waals surface area contributed by atoms with Gasteiger partial charge in [0.15, 0.2) is 0 Å². The van der Waals surface area contributed by atoms with Crippen molar-refractivity contribution in [1.82, 2.24) is 20.9 Å². The number of rotatable bonds is 4. The fraction of sp³-hybridized carbons (Fsp3) is 1.00. The monoisotopic (exact) mass is 420 g/mol. The maximum Gasteiger partial charge on any atom is 0.0947 e. The standard InChI is InChI=1S/C12H28N4O3.4ClH/c17-9-11(12(19)10-18)16-7-5-14-3-1-13-2-4-15-6-8-16;;;;/h11-15,17-19H,1-10H2;4*1H/t11-,12-;;;;/m1..../s1. The normalized spacial score (nSPS) is 20.0. The molecule has 0 spiro atoms. The van der Waals surface area contributed by atoms with Gasteiger partial charge < -0.3 is 31.3 Å². The Morgan fingerprint density at radius 2 is 1.09 bits per heavy atom. The average Bonchev–Trinajstić information content (AvgIpc) is 2.41. The molecule has 0 aromatic carbocycles. The highest BCUT2D eigenvalue weighted by Crippen LogP contribution is 2.04. The Morgan fingerprint density at radius 3 is 1.43 bits per heavy atom. The van der Waals surface area contributed by atoms with E-state index in [1.165, 1.54) is 0 Å². The van der Waals surface area contributed by atoms with Gasteiger partial charge in [0.2, 0.25) is 0 Å². The van der Waals surface area contributed by atoms with Gasteiger partial charge in [-0.3, -0.25) is 4.90 Å². The minimum Gasteiger partial charge on any atom is -0.395 e. The number of nitrogens with one attached hydrogen (secondary N) is 3. The lowest BCUT2D eigenvalue weighted by Crippen LogP contribution is -2.52. The quantitative estimate of drug-likeness (QED) is 0.327. The van der Waals surface area contributed by atoms with Crippen LogP contribution in [0.5, 0.6) is 0 Å². The second-order valence-electron chi connectivity index (χ2n) is 4.79. The molecule has 6 N–H and O–H groups in total. The van der Waals surface area contributed by atoms with E-state index < -0.39 is 12.1 Å². The number of aliphatic hydroxyl groups is 3. The van der Waals surface area contributed by atoms with Crippen molar-refractivity contribution in [3.63, 3.8) is 0 Å². The molecule has 1 aliphatic heterocycles. The molecule has 23 heavy (non-hydrogen) atoms. The summed E-state index contributed by atoms with van der Waals surface area (Å²) in [5.41, 5.74) is 0. The Kier molecular flexibility index (Phi) is 28.8. The van der Waals surface area contributed by atoms with Crippen LogP contribution in [-0.4, -0.2) is 97.9 Å². The number of nitrogens with zero attached hydrogens (tertiary/aromatic N) is 1. The summed E-state index contributed by atoms with van der Waals surface area (Å²) in [6, 6.07) is -0.408. The first-order valence-corrected chi connectivity index (χ1v) is 7.05. The fourth-order valence-electron chi connectivity index (χ4n) is 2.22. The van der Waals surface area contributed by atoms with Crippen LogP contribution in [-0.2, 0) is 0 Å². The van der Waals surface area contributed by atoms with Gasteiger partial charge >= 0.3 is 0 Å². The van der Waals surface area contributed by atoms with Gasteiger partial charge in [-0.15, -0.1) is 49.6 Å². The lowest BCUT2D eigenvalue weighted by atomic mass is 10.1. The van der Waals surface area contributed by atoms with Crippen molar-refractivity contribution in [1.29, 1.82) is 0 Å². The Labute approximate surface area is 163 Å². The van der Waals surface area contributed by atoms with E-state index in [0.29, 0.717) is 0 Å². The number of hydrogen-bond acceptors (Lipinski definition) is 7. The van der Waals surface area contributed by atoms with E-state index >= 15 is 0 Å². The van der Waals surface area contributed by atoms with E-state index in [4.69, 9.17) is 5.11 Å². The van der Waals surface area contributed by atoms with E-state index in [1.54, 1.807) is 0 Å². The molecular weight excluding hydrogens is 390 g/mol. The molecule has 1 saturated heterocycles. The van der Waals surface area contributed by atoms with E-state index in [1.807, 2.05) is 4.90 Å². The summed E-state index contributed by atoms with van der Waals surface area (Å²) in [7, 11) is 0. The number of aliphatic hydroxyl groups excluding tert-OH is 3. The van der Waals surface area contributed by atoms with Gasteiger partial charge in [-0.25, -0.2) is 0 Å². The zero-order valence-electron chi connectivity index (χ0n) is 13.1. The molecule has 11 heteroatoms. The van der Waals surface area contributed by atoms with Crippen molar-refractivity contribution in [3.05, 3.63) is 0 Å². The molecule has 1 aliphatic rings. The highest BCUT2D eigenvalue weighted by atomic mass is 35.5. The second-order valence-corrected chi connectivity index (χ2v) is 4.79. The first-order valence-electron chi connectivity index (χ1n) is 7.05. The average molecular weight is 422 g/mol. The summed E-state index contributed by atoms with van der Waals surface area (Å²) in [6.07, 6.45) is -0.903. The van der Waals surface area contributed by atoms with Gasteiger partial charge in [-0.2, -0.15) is 0 Å².